The molecule has 0 unspecified atom stereocenters. The minimum absolute atomic E-state index is 0.00259. The van der Waals surface area contributed by atoms with E-state index in [0.717, 1.165) is 31.3 Å². The average molecular weight is 507 g/mol. The van der Waals surface area contributed by atoms with Crippen LogP contribution in [0.5, 0.6) is 0 Å². The molecule has 5 rings (SSSR count). The third kappa shape index (κ3) is 3.18. The zero-order valence-electron chi connectivity index (χ0n) is 23.5. The van der Waals surface area contributed by atoms with Crippen LogP contribution in [0.15, 0.2) is 23.3 Å². The number of allylic oxidation sites excluding steroid dienone is 1. The SMILES string of the molecule is CC(C)N1C(=O)C(C#N)=C[C@]2(C)C3=CC(=O)[C@@H]4[C@@H]5CC(C)(C)CC[C@]5(C(=O)O)CC[C@@]4(C)[C@]3(C)CC[C@@H]12. The summed E-state index contributed by atoms with van der Waals surface area (Å²) < 4.78 is 0. The lowest BCUT2D eigenvalue weighted by Gasteiger charge is -2.68. The number of amides is 1. The van der Waals surface area contributed by atoms with Gasteiger partial charge in [0, 0.05) is 23.4 Å². The smallest absolute Gasteiger partial charge is 0.309 e. The van der Waals surface area contributed by atoms with E-state index in [9.17, 15) is 24.8 Å². The molecule has 37 heavy (non-hydrogen) atoms. The first-order valence-electron chi connectivity index (χ1n) is 14.0. The summed E-state index contributed by atoms with van der Waals surface area (Å²) in [6, 6.07) is 1.97. The first-order chi connectivity index (χ1) is 17.1. The zero-order valence-corrected chi connectivity index (χ0v) is 23.5. The van der Waals surface area contributed by atoms with Crippen molar-refractivity contribution < 1.29 is 19.5 Å². The van der Waals surface area contributed by atoms with Crippen LogP contribution in [0.3, 0.4) is 0 Å². The highest BCUT2D eigenvalue weighted by Gasteiger charge is 2.70. The van der Waals surface area contributed by atoms with Gasteiger partial charge in [-0.3, -0.25) is 14.4 Å². The van der Waals surface area contributed by atoms with Crippen LogP contribution in [0.2, 0.25) is 0 Å². The standard InChI is InChI=1S/C31H42N2O4/c1-18(2)33-23-8-9-29(6)22(28(23,5)15-19(17-32)25(33)35)14-21(34)24-20-16-27(3,4)10-12-31(20,26(36)37)13-11-30(24,29)7/h14-15,18,20,23-24H,8-13,16H2,1-7H3,(H,36,37)/t20-,23+,24-,28+,29+,30+,31-/m0/s1. The van der Waals surface area contributed by atoms with Gasteiger partial charge >= 0.3 is 5.97 Å². The molecule has 0 saturated heterocycles. The monoisotopic (exact) mass is 506 g/mol. The molecule has 0 spiro atoms. The summed E-state index contributed by atoms with van der Waals surface area (Å²) in [5, 5.41) is 20.4. The van der Waals surface area contributed by atoms with E-state index in [-0.39, 0.29) is 57.4 Å². The number of carboxylic acids is 1. The molecule has 4 aliphatic carbocycles. The van der Waals surface area contributed by atoms with E-state index in [1.807, 2.05) is 30.9 Å². The maximum absolute atomic E-state index is 14.3. The molecule has 1 heterocycles. The third-order valence-electron chi connectivity index (χ3n) is 11.9. The molecule has 0 radical (unpaired) electrons. The number of fused-ring (bicyclic) bond motifs is 7. The predicted molar refractivity (Wildman–Crippen MR) is 140 cm³/mol. The molecule has 0 aromatic heterocycles. The van der Waals surface area contributed by atoms with Crippen molar-refractivity contribution >= 4 is 17.7 Å². The minimum Gasteiger partial charge on any atom is -0.481 e. The summed E-state index contributed by atoms with van der Waals surface area (Å²) in [5.41, 5.74) is -0.982. The van der Waals surface area contributed by atoms with Gasteiger partial charge in [-0.1, -0.05) is 34.6 Å². The number of nitriles is 1. The molecule has 5 aliphatic rings. The number of hydrogen-bond donors (Lipinski definition) is 1. The Bertz CT molecular complexity index is 1190. The van der Waals surface area contributed by atoms with Crippen molar-refractivity contribution in [1.29, 1.82) is 5.26 Å². The largest absolute Gasteiger partial charge is 0.481 e. The highest BCUT2D eigenvalue weighted by atomic mass is 16.4. The number of rotatable bonds is 2. The summed E-state index contributed by atoms with van der Waals surface area (Å²) in [6.45, 7) is 15.0. The Balaban J connectivity index is 1.70. The molecule has 0 aromatic carbocycles. The molecule has 3 saturated carbocycles. The van der Waals surface area contributed by atoms with Gasteiger partial charge in [0.15, 0.2) is 5.78 Å². The third-order valence-corrected chi connectivity index (χ3v) is 11.9. The molecule has 7 atom stereocenters. The molecule has 0 aromatic rings. The lowest BCUT2D eigenvalue weighted by molar-refractivity contribution is -0.188. The lowest BCUT2D eigenvalue weighted by atomic mass is 9.35. The first-order valence-corrected chi connectivity index (χ1v) is 14.0. The van der Waals surface area contributed by atoms with E-state index in [1.54, 1.807) is 0 Å². The Morgan fingerprint density at radius 3 is 2.32 bits per heavy atom. The van der Waals surface area contributed by atoms with Gasteiger partial charge in [0.25, 0.3) is 5.91 Å². The molecular formula is C31H42N2O4. The molecular weight excluding hydrogens is 464 g/mol. The van der Waals surface area contributed by atoms with Gasteiger partial charge in [0.1, 0.15) is 11.6 Å². The second-order valence-electron chi connectivity index (χ2n) is 14.4. The van der Waals surface area contributed by atoms with E-state index < -0.39 is 16.8 Å². The van der Waals surface area contributed by atoms with Crippen molar-refractivity contribution in [2.75, 3.05) is 0 Å². The van der Waals surface area contributed by atoms with E-state index in [1.165, 1.54) is 0 Å². The van der Waals surface area contributed by atoms with Gasteiger partial charge in [-0.25, -0.2) is 0 Å². The normalized spacial score (nSPS) is 44.5. The number of hydrogen-bond acceptors (Lipinski definition) is 4. The Kier molecular flexibility index (Phi) is 5.53. The molecule has 0 bridgehead atoms. The van der Waals surface area contributed by atoms with Crippen molar-refractivity contribution in [3.05, 3.63) is 23.3 Å². The Hall–Kier alpha value is -2.42. The van der Waals surface area contributed by atoms with Gasteiger partial charge in [-0.2, -0.15) is 5.26 Å². The van der Waals surface area contributed by atoms with Crippen molar-refractivity contribution in [1.82, 2.24) is 4.90 Å². The number of carbonyl (C=O) groups is 3. The summed E-state index contributed by atoms with van der Waals surface area (Å²) in [5.74, 6) is -1.44. The lowest BCUT2D eigenvalue weighted by Crippen LogP contribution is -2.67. The highest BCUT2D eigenvalue weighted by molar-refractivity contribution is 6.00. The van der Waals surface area contributed by atoms with Crippen LogP contribution in [0.1, 0.15) is 93.4 Å². The summed E-state index contributed by atoms with van der Waals surface area (Å²) in [7, 11) is 0. The van der Waals surface area contributed by atoms with Crippen LogP contribution in [-0.2, 0) is 14.4 Å². The van der Waals surface area contributed by atoms with E-state index in [0.29, 0.717) is 19.3 Å². The average Bonchev–Trinajstić information content (AvgIpc) is 2.80. The summed E-state index contributed by atoms with van der Waals surface area (Å²) in [6.07, 6.45) is 8.84. The van der Waals surface area contributed by atoms with Crippen molar-refractivity contribution in [3.63, 3.8) is 0 Å². The minimum atomic E-state index is -0.836. The van der Waals surface area contributed by atoms with Crippen molar-refractivity contribution in [3.8, 4) is 6.07 Å². The first kappa shape index (κ1) is 26.2. The second-order valence-corrected chi connectivity index (χ2v) is 14.4. The Morgan fingerprint density at radius 2 is 1.73 bits per heavy atom. The molecule has 1 N–H and O–H groups in total. The fraction of sp³-hybridized carbons (Fsp3) is 0.742. The molecule has 200 valence electrons. The van der Waals surface area contributed by atoms with Gasteiger partial charge < -0.3 is 10.0 Å². The number of aliphatic carboxylic acids is 1. The predicted octanol–water partition coefficient (Wildman–Crippen LogP) is 5.68. The van der Waals surface area contributed by atoms with Crippen LogP contribution in [0.4, 0.5) is 0 Å². The maximum Gasteiger partial charge on any atom is 0.309 e. The van der Waals surface area contributed by atoms with E-state index in [4.69, 9.17) is 0 Å². The molecule has 1 amide bonds. The number of carbonyl (C=O) groups excluding carboxylic acids is 2. The van der Waals surface area contributed by atoms with E-state index >= 15 is 0 Å². The van der Waals surface area contributed by atoms with Crippen LogP contribution >= 0.6 is 0 Å². The zero-order chi connectivity index (χ0) is 27.3. The van der Waals surface area contributed by atoms with Crippen LogP contribution < -0.4 is 0 Å². The maximum atomic E-state index is 14.3. The fourth-order valence-electron chi connectivity index (χ4n) is 9.67. The van der Waals surface area contributed by atoms with Gasteiger partial charge in [-0.05, 0) is 98.7 Å². The van der Waals surface area contributed by atoms with Gasteiger partial charge in [0.05, 0.1) is 5.41 Å². The number of ketones is 1. The van der Waals surface area contributed by atoms with Crippen LogP contribution in [0.25, 0.3) is 0 Å². The molecule has 6 heteroatoms. The number of nitrogens with zero attached hydrogens (tertiary/aromatic N) is 2. The quantitative estimate of drug-likeness (QED) is 0.519. The molecule has 3 fully saturated rings. The number of carboxylic acid groups (broad SMARTS) is 1. The van der Waals surface area contributed by atoms with E-state index in [2.05, 4.69) is 40.7 Å². The highest BCUT2D eigenvalue weighted by Crippen LogP contribution is 2.73. The summed E-state index contributed by atoms with van der Waals surface area (Å²) >= 11 is 0. The topological polar surface area (TPSA) is 98.5 Å². The fourth-order valence-corrected chi connectivity index (χ4v) is 9.67. The van der Waals surface area contributed by atoms with Gasteiger partial charge in [0.2, 0.25) is 0 Å². The molecule has 6 nitrogen and oxygen atoms in total. The Morgan fingerprint density at radius 1 is 1.08 bits per heavy atom. The van der Waals surface area contributed by atoms with Crippen molar-refractivity contribution in [2.45, 2.75) is 105 Å². The van der Waals surface area contributed by atoms with Crippen LogP contribution in [-0.4, -0.2) is 39.7 Å². The Labute approximate surface area is 221 Å². The van der Waals surface area contributed by atoms with Gasteiger partial charge in [-0.15, -0.1) is 0 Å². The van der Waals surface area contributed by atoms with Crippen LogP contribution in [0, 0.1) is 50.2 Å². The van der Waals surface area contributed by atoms with Crippen molar-refractivity contribution in [2.24, 2.45) is 38.9 Å². The second kappa shape index (κ2) is 7.80. The summed E-state index contributed by atoms with van der Waals surface area (Å²) in [4.78, 5) is 42.1. The molecule has 1 aliphatic heterocycles.